The summed E-state index contributed by atoms with van der Waals surface area (Å²) in [6.45, 7) is 1.81. The van der Waals surface area contributed by atoms with E-state index in [0.29, 0.717) is 28.5 Å². The third-order valence-electron chi connectivity index (χ3n) is 3.98. The number of furan rings is 1. The molecule has 0 fully saturated rings. The first-order valence-electron chi connectivity index (χ1n) is 7.97. The third-order valence-corrected chi connectivity index (χ3v) is 4.60. The van der Waals surface area contributed by atoms with Gasteiger partial charge in [0, 0.05) is 16.8 Å². The first-order valence-corrected chi connectivity index (χ1v) is 8.76. The molecule has 0 aliphatic rings. The van der Waals surface area contributed by atoms with E-state index in [0.717, 1.165) is 15.6 Å². The van der Waals surface area contributed by atoms with E-state index in [1.165, 1.54) is 0 Å². The lowest BCUT2D eigenvalue weighted by molar-refractivity contribution is 0.102. The number of hydrogen-bond acceptors (Lipinski definition) is 4. The van der Waals surface area contributed by atoms with Crippen molar-refractivity contribution in [3.63, 3.8) is 0 Å². The van der Waals surface area contributed by atoms with Gasteiger partial charge in [-0.1, -0.05) is 0 Å². The lowest BCUT2D eigenvalue weighted by Gasteiger charge is -2.10. The smallest absolute Gasteiger partial charge is 0.255 e. The molecule has 3 aromatic rings. The standard InChI is InChI=1S/C20H18BrNO4/c1-12-9-14(4-6-16(12)18-8-5-15(11-23)26-18)22-20(24)13-3-7-19(25-2)17(21)10-13/h3-10,23H,11H2,1-2H3,(H,22,24). The van der Waals surface area contributed by atoms with E-state index < -0.39 is 0 Å². The number of hydrogen-bond donors (Lipinski definition) is 2. The van der Waals surface area contributed by atoms with Gasteiger partial charge in [-0.2, -0.15) is 0 Å². The predicted molar refractivity (Wildman–Crippen MR) is 103 cm³/mol. The monoisotopic (exact) mass is 415 g/mol. The van der Waals surface area contributed by atoms with Crippen LogP contribution in [-0.4, -0.2) is 18.1 Å². The molecule has 1 aromatic heterocycles. The molecule has 1 heterocycles. The van der Waals surface area contributed by atoms with Crippen molar-refractivity contribution < 1.29 is 19.1 Å². The van der Waals surface area contributed by atoms with Gasteiger partial charge in [0.05, 0.1) is 11.6 Å². The van der Waals surface area contributed by atoms with E-state index in [1.54, 1.807) is 31.4 Å². The number of amides is 1. The van der Waals surface area contributed by atoms with Crippen molar-refractivity contribution >= 4 is 27.5 Å². The van der Waals surface area contributed by atoms with Gasteiger partial charge >= 0.3 is 0 Å². The first kappa shape index (κ1) is 18.2. The number of aliphatic hydroxyl groups is 1. The van der Waals surface area contributed by atoms with Crippen LogP contribution in [0, 0.1) is 6.92 Å². The number of methoxy groups -OCH3 is 1. The molecule has 0 aliphatic carbocycles. The van der Waals surface area contributed by atoms with Gasteiger partial charge in [-0.25, -0.2) is 0 Å². The van der Waals surface area contributed by atoms with Crippen LogP contribution in [0.1, 0.15) is 21.7 Å². The highest BCUT2D eigenvalue weighted by atomic mass is 79.9. The van der Waals surface area contributed by atoms with Gasteiger partial charge in [-0.05, 0) is 76.9 Å². The van der Waals surface area contributed by atoms with Crippen molar-refractivity contribution in [3.05, 3.63) is 69.9 Å². The van der Waals surface area contributed by atoms with Gasteiger partial charge in [-0.3, -0.25) is 4.79 Å². The van der Waals surface area contributed by atoms with E-state index in [2.05, 4.69) is 21.2 Å². The van der Waals surface area contributed by atoms with Crippen LogP contribution in [0.4, 0.5) is 5.69 Å². The quantitative estimate of drug-likeness (QED) is 0.629. The van der Waals surface area contributed by atoms with Crippen molar-refractivity contribution in [2.45, 2.75) is 13.5 Å². The predicted octanol–water partition coefficient (Wildman–Crippen LogP) is 4.77. The van der Waals surface area contributed by atoms with Crippen molar-refractivity contribution in [1.29, 1.82) is 0 Å². The topological polar surface area (TPSA) is 71.7 Å². The maximum Gasteiger partial charge on any atom is 0.255 e. The number of halogens is 1. The Morgan fingerprint density at radius 1 is 1.19 bits per heavy atom. The van der Waals surface area contributed by atoms with Crippen molar-refractivity contribution in [3.8, 4) is 17.1 Å². The molecule has 2 aromatic carbocycles. The van der Waals surface area contributed by atoms with Crippen molar-refractivity contribution in [1.82, 2.24) is 0 Å². The summed E-state index contributed by atoms with van der Waals surface area (Å²) >= 11 is 3.38. The summed E-state index contributed by atoms with van der Waals surface area (Å²) in [7, 11) is 1.58. The fraction of sp³-hybridized carbons (Fsp3) is 0.150. The molecule has 6 heteroatoms. The molecule has 0 aliphatic heterocycles. The summed E-state index contributed by atoms with van der Waals surface area (Å²) in [6, 6.07) is 14.3. The maximum atomic E-state index is 12.5. The molecule has 1 amide bonds. The molecule has 2 N–H and O–H groups in total. The minimum atomic E-state index is -0.207. The molecule has 0 unspecified atom stereocenters. The summed E-state index contributed by atoms with van der Waals surface area (Å²) in [4.78, 5) is 12.5. The van der Waals surface area contributed by atoms with Crippen LogP contribution in [0.25, 0.3) is 11.3 Å². The second kappa shape index (κ2) is 7.76. The van der Waals surface area contributed by atoms with Gasteiger partial charge in [0.15, 0.2) is 0 Å². The van der Waals surface area contributed by atoms with Crippen molar-refractivity contribution in [2.75, 3.05) is 12.4 Å². The molecule has 0 saturated heterocycles. The first-order chi connectivity index (χ1) is 12.5. The normalized spacial score (nSPS) is 10.6. The number of aliphatic hydroxyl groups excluding tert-OH is 1. The zero-order valence-corrected chi connectivity index (χ0v) is 16.0. The Kier molecular flexibility index (Phi) is 5.44. The number of carbonyl (C=O) groups is 1. The number of rotatable bonds is 5. The molecule has 3 rings (SSSR count). The second-order valence-electron chi connectivity index (χ2n) is 5.76. The van der Waals surface area contributed by atoms with Crippen molar-refractivity contribution in [2.24, 2.45) is 0 Å². The minimum absolute atomic E-state index is 0.134. The van der Waals surface area contributed by atoms with Gasteiger partial charge in [0.1, 0.15) is 23.9 Å². The Morgan fingerprint density at radius 3 is 2.62 bits per heavy atom. The Morgan fingerprint density at radius 2 is 2.00 bits per heavy atom. The fourth-order valence-corrected chi connectivity index (χ4v) is 3.18. The average Bonchev–Trinajstić information content (AvgIpc) is 3.10. The lowest BCUT2D eigenvalue weighted by Crippen LogP contribution is -2.12. The largest absolute Gasteiger partial charge is 0.496 e. The Hall–Kier alpha value is -2.57. The van der Waals surface area contributed by atoms with E-state index >= 15 is 0 Å². The summed E-state index contributed by atoms with van der Waals surface area (Å²) in [5.41, 5.74) is 3.09. The van der Waals surface area contributed by atoms with Crippen LogP contribution < -0.4 is 10.1 Å². The van der Waals surface area contributed by atoms with Gasteiger partial charge in [0.2, 0.25) is 0 Å². The van der Waals surface area contributed by atoms with Crippen LogP contribution in [0.5, 0.6) is 5.75 Å². The van der Waals surface area contributed by atoms with E-state index in [4.69, 9.17) is 14.3 Å². The SMILES string of the molecule is COc1ccc(C(=O)Nc2ccc(-c3ccc(CO)o3)c(C)c2)cc1Br. The van der Waals surface area contributed by atoms with Gasteiger partial charge in [-0.15, -0.1) is 0 Å². The molecule has 0 bridgehead atoms. The molecule has 0 spiro atoms. The van der Waals surface area contributed by atoms with E-state index in [-0.39, 0.29) is 12.5 Å². The molecule has 26 heavy (non-hydrogen) atoms. The zero-order valence-electron chi connectivity index (χ0n) is 14.4. The Labute approximate surface area is 159 Å². The highest BCUT2D eigenvalue weighted by Gasteiger charge is 2.12. The summed E-state index contributed by atoms with van der Waals surface area (Å²) in [6.07, 6.45) is 0. The number of nitrogens with one attached hydrogen (secondary N) is 1. The van der Waals surface area contributed by atoms with Gasteiger partial charge < -0.3 is 19.6 Å². The molecule has 0 atom stereocenters. The molecule has 0 radical (unpaired) electrons. The number of aryl methyl sites for hydroxylation is 1. The average molecular weight is 416 g/mol. The van der Waals surface area contributed by atoms with Crippen LogP contribution in [0.15, 0.2) is 57.4 Å². The third kappa shape index (κ3) is 3.81. The number of anilines is 1. The summed E-state index contributed by atoms with van der Waals surface area (Å²) in [5, 5.41) is 12.0. The van der Waals surface area contributed by atoms with Crippen LogP contribution in [0.2, 0.25) is 0 Å². The Bertz CT molecular complexity index is 949. The molecule has 0 saturated carbocycles. The maximum absolute atomic E-state index is 12.5. The fourth-order valence-electron chi connectivity index (χ4n) is 2.64. The number of ether oxygens (including phenoxy) is 1. The lowest BCUT2D eigenvalue weighted by atomic mass is 10.1. The van der Waals surface area contributed by atoms with Gasteiger partial charge in [0.25, 0.3) is 5.91 Å². The minimum Gasteiger partial charge on any atom is -0.496 e. The van der Waals surface area contributed by atoms with E-state index in [9.17, 15) is 4.79 Å². The Balaban J connectivity index is 1.79. The molecular weight excluding hydrogens is 398 g/mol. The molecule has 134 valence electrons. The number of carbonyl (C=O) groups excluding carboxylic acids is 1. The molecule has 5 nitrogen and oxygen atoms in total. The van der Waals surface area contributed by atoms with Crippen LogP contribution in [-0.2, 0) is 6.61 Å². The summed E-state index contributed by atoms with van der Waals surface area (Å²) < 4.78 is 11.5. The zero-order chi connectivity index (χ0) is 18.7. The van der Waals surface area contributed by atoms with E-state index in [1.807, 2.05) is 31.2 Å². The summed E-state index contributed by atoms with van der Waals surface area (Å²) in [5.74, 6) is 1.66. The highest BCUT2D eigenvalue weighted by molar-refractivity contribution is 9.10. The van der Waals surface area contributed by atoms with Crippen LogP contribution in [0.3, 0.4) is 0 Å². The molecular formula is C20H18BrNO4. The number of benzene rings is 2. The van der Waals surface area contributed by atoms with Crippen LogP contribution >= 0.6 is 15.9 Å². The highest BCUT2D eigenvalue weighted by Crippen LogP contribution is 2.29. The second-order valence-corrected chi connectivity index (χ2v) is 6.61.